The van der Waals surface area contributed by atoms with E-state index in [1.165, 1.54) is 11.8 Å². The Balaban J connectivity index is 1.68. The summed E-state index contributed by atoms with van der Waals surface area (Å²) in [4.78, 5) is 21.5. The number of fused-ring (bicyclic) bond motifs is 1. The minimum Gasteiger partial charge on any atom is -0.335 e. The summed E-state index contributed by atoms with van der Waals surface area (Å²) >= 11 is 1.47. The number of likely N-dealkylation sites (N-methyl/N-ethyl adjacent to an activating group) is 1. The maximum absolute atomic E-state index is 12.6. The number of piperazine rings is 1. The molecule has 126 valence electrons. The molecule has 1 amide bonds. The predicted molar refractivity (Wildman–Crippen MR) is 90.2 cm³/mol. The van der Waals surface area contributed by atoms with E-state index in [1.54, 1.807) is 17.3 Å². The number of aromatic nitrogens is 1. The average Bonchev–Trinajstić information content (AvgIpc) is 2.87. The number of sulfone groups is 1. The minimum atomic E-state index is -3.06. The molecule has 2 aliphatic heterocycles. The zero-order chi connectivity index (χ0) is 16.4. The van der Waals surface area contributed by atoms with Crippen LogP contribution in [0.15, 0.2) is 29.4 Å². The number of nitrogens with zero attached hydrogens (tertiary/aromatic N) is 3. The molecular weight excluding hydrogens is 334 g/mol. The molecule has 0 unspecified atom stereocenters. The first kappa shape index (κ1) is 16.7. The van der Waals surface area contributed by atoms with Crippen LogP contribution in [0.3, 0.4) is 0 Å². The van der Waals surface area contributed by atoms with Crippen molar-refractivity contribution in [2.24, 2.45) is 0 Å². The molecule has 3 heterocycles. The maximum Gasteiger partial charge on any atom is 0.233 e. The van der Waals surface area contributed by atoms with Crippen LogP contribution in [0.5, 0.6) is 0 Å². The van der Waals surface area contributed by atoms with Gasteiger partial charge in [-0.2, -0.15) is 0 Å². The second kappa shape index (κ2) is 6.78. The quantitative estimate of drug-likeness (QED) is 0.733. The maximum atomic E-state index is 12.6. The minimum absolute atomic E-state index is 0.0228. The van der Waals surface area contributed by atoms with Crippen molar-refractivity contribution < 1.29 is 13.2 Å². The molecule has 0 aliphatic carbocycles. The van der Waals surface area contributed by atoms with E-state index in [0.717, 1.165) is 18.0 Å². The third-order valence-electron chi connectivity index (χ3n) is 4.53. The molecule has 1 aromatic heterocycles. The monoisotopic (exact) mass is 355 g/mol. The van der Waals surface area contributed by atoms with Crippen molar-refractivity contribution >= 4 is 27.5 Å². The van der Waals surface area contributed by atoms with Gasteiger partial charge in [0.05, 0.1) is 23.3 Å². The fourth-order valence-corrected chi connectivity index (χ4v) is 6.17. The van der Waals surface area contributed by atoms with Crippen molar-refractivity contribution in [1.82, 2.24) is 14.8 Å². The van der Waals surface area contributed by atoms with Gasteiger partial charge in [-0.25, -0.2) is 8.42 Å². The van der Waals surface area contributed by atoms with Crippen molar-refractivity contribution in [3.05, 3.63) is 24.5 Å². The number of pyridine rings is 1. The van der Waals surface area contributed by atoms with Crippen molar-refractivity contribution in [3.8, 4) is 0 Å². The van der Waals surface area contributed by atoms with E-state index in [0.29, 0.717) is 12.3 Å². The highest BCUT2D eigenvalue weighted by Crippen LogP contribution is 2.28. The van der Waals surface area contributed by atoms with Gasteiger partial charge in [0, 0.05) is 36.4 Å². The molecule has 0 spiro atoms. The molecule has 2 fully saturated rings. The Kier molecular flexibility index (Phi) is 4.93. The van der Waals surface area contributed by atoms with Gasteiger partial charge in [0.2, 0.25) is 5.91 Å². The molecule has 8 heteroatoms. The van der Waals surface area contributed by atoms with Crippen molar-refractivity contribution in [3.63, 3.8) is 0 Å². The van der Waals surface area contributed by atoms with Crippen LogP contribution in [0.25, 0.3) is 0 Å². The highest BCUT2D eigenvalue weighted by atomic mass is 32.2. The standard InChI is InChI=1S/C15H21N3O3S2/c1-2-17-7-8-18(14-11-23(20,21)10-13(14)17)15(19)9-22-12-3-5-16-6-4-12/h3-6,13-14H,2,7-11H2,1H3/t13-,14+/m1/s1. The molecule has 23 heavy (non-hydrogen) atoms. The highest BCUT2D eigenvalue weighted by molar-refractivity contribution is 8.00. The fraction of sp³-hybridized carbons (Fsp3) is 0.600. The van der Waals surface area contributed by atoms with Crippen molar-refractivity contribution in [1.29, 1.82) is 0 Å². The van der Waals surface area contributed by atoms with E-state index in [-0.39, 0.29) is 29.5 Å². The fourth-order valence-electron chi connectivity index (χ4n) is 3.39. The van der Waals surface area contributed by atoms with Crippen LogP contribution < -0.4 is 0 Å². The highest BCUT2D eigenvalue weighted by Gasteiger charge is 2.47. The third kappa shape index (κ3) is 3.70. The Labute approximate surface area is 141 Å². The average molecular weight is 355 g/mol. The number of carbonyl (C=O) groups excluding carboxylic acids is 1. The summed E-state index contributed by atoms with van der Waals surface area (Å²) in [7, 11) is -3.06. The van der Waals surface area contributed by atoms with Crippen LogP contribution in [0, 0.1) is 0 Å². The van der Waals surface area contributed by atoms with Gasteiger partial charge in [-0.3, -0.25) is 14.7 Å². The Morgan fingerprint density at radius 1 is 1.26 bits per heavy atom. The first-order chi connectivity index (χ1) is 11.0. The smallest absolute Gasteiger partial charge is 0.233 e. The summed E-state index contributed by atoms with van der Waals surface area (Å²) in [5, 5.41) is 0. The first-order valence-corrected chi connectivity index (χ1v) is 10.6. The molecular formula is C15H21N3O3S2. The van der Waals surface area contributed by atoms with Crippen LogP contribution in [0.2, 0.25) is 0 Å². The Morgan fingerprint density at radius 2 is 1.96 bits per heavy atom. The second-order valence-electron chi connectivity index (χ2n) is 5.90. The molecule has 0 bridgehead atoms. The zero-order valence-electron chi connectivity index (χ0n) is 13.1. The lowest BCUT2D eigenvalue weighted by molar-refractivity contribution is -0.133. The van der Waals surface area contributed by atoms with Crippen LogP contribution >= 0.6 is 11.8 Å². The Bertz CT molecular complexity index is 666. The summed E-state index contributed by atoms with van der Waals surface area (Å²) in [5.41, 5.74) is 0. The SMILES string of the molecule is CCN1CCN(C(=O)CSc2ccncc2)[C@H]2CS(=O)(=O)C[C@H]21. The summed E-state index contributed by atoms with van der Waals surface area (Å²) in [6.45, 7) is 4.22. The van der Waals surface area contributed by atoms with Crippen LogP contribution in [-0.2, 0) is 14.6 Å². The molecule has 2 saturated heterocycles. The molecule has 2 atom stereocenters. The van der Waals surface area contributed by atoms with Crippen LogP contribution in [0.4, 0.5) is 0 Å². The number of hydrogen-bond acceptors (Lipinski definition) is 6. The number of hydrogen-bond donors (Lipinski definition) is 0. The second-order valence-corrected chi connectivity index (χ2v) is 9.10. The molecule has 0 N–H and O–H groups in total. The predicted octanol–water partition coefficient (Wildman–Crippen LogP) is 0.503. The van der Waals surface area contributed by atoms with Crippen molar-refractivity contribution in [2.45, 2.75) is 23.9 Å². The van der Waals surface area contributed by atoms with Gasteiger partial charge in [-0.1, -0.05) is 6.92 Å². The van der Waals surface area contributed by atoms with Crippen molar-refractivity contribution in [2.75, 3.05) is 36.9 Å². The summed E-state index contributed by atoms with van der Waals surface area (Å²) in [5.74, 6) is 0.626. The molecule has 2 aliphatic rings. The molecule has 0 radical (unpaired) electrons. The van der Waals surface area contributed by atoms with E-state index in [4.69, 9.17) is 0 Å². The molecule has 6 nitrogen and oxygen atoms in total. The largest absolute Gasteiger partial charge is 0.335 e. The van der Waals surface area contributed by atoms with Gasteiger partial charge in [-0.05, 0) is 18.7 Å². The van der Waals surface area contributed by atoms with Gasteiger partial charge in [0.1, 0.15) is 0 Å². The lowest BCUT2D eigenvalue weighted by Crippen LogP contribution is -2.60. The molecule has 1 aromatic rings. The van der Waals surface area contributed by atoms with E-state index in [2.05, 4.69) is 9.88 Å². The van der Waals surface area contributed by atoms with Crippen LogP contribution in [-0.4, -0.2) is 78.1 Å². The zero-order valence-corrected chi connectivity index (χ0v) is 14.7. The van der Waals surface area contributed by atoms with Gasteiger partial charge in [0.15, 0.2) is 9.84 Å². The van der Waals surface area contributed by atoms with E-state index in [9.17, 15) is 13.2 Å². The summed E-state index contributed by atoms with van der Waals surface area (Å²) in [6, 6.07) is 3.50. The molecule has 0 saturated carbocycles. The lowest BCUT2D eigenvalue weighted by Gasteiger charge is -2.43. The van der Waals surface area contributed by atoms with E-state index < -0.39 is 9.84 Å². The number of carbonyl (C=O) groups is 1. The van der Waals surface area contributed by atoms with Gasteiger partial charge < -0.3 is 4.90 Å². The topological polar surface area (TPSA) is 70.6 Å². The number of amides is 1. The number of rotatable bonds is 4. The summed E-state index contributed by atoms with van der Waals surface area (Å²) < 4.78 is 24.1. The Morgan fingerprint density at radius 3 is 2.65 bits per heavy atom. The normalized spacial score (nSPS) is 26.9. The number of thioether (sulfide) groups is 1. The van der Waals surface area contributed by atoms with Gasteiger partial charge in [0.25, 0.3) is 0 Å². The van der Waals surface area contributed by atoms with E-state index >= 15 is 0 Å². The molecule has 3 rings (SSSR count). The first-order valence-electron chi connectivity index (χ1n) is 7.77. The summed E-state index contributed by atoms with van der Waals surface area (Å²) in [6.07, 6.45) is 3.40. The van der Waals surface area contributed by atoms with Gasteiger partial charge in [-0.15, -0.1) is 11.8 Å². The molecule has 0 aromatic carbocycles. The van der Waals surface area contributed by atoms with Gasteiger partial charge >= 0.3 is 0 Å². The Hall–Kier alpha value is -1.12. The van der Waals surface area contributed by atoms with E-state index in [1.807, 2.05) is 19.1 Å². The lowest BCUT2D eigenvalue weighted by atomic mass is 10.0. The third-order valence-corrected chi connectivity index (χ3v) is 7.23. The van der Waals surface area contributed by atoms with Crippen LogP contribution in [0.1, 0.15) is 6.92 Å².